The Morgan fingerprint density at radius 3 is 2.38 bits per heavy atom. The Labute approximate surface area is 182 Å². The Morgan fingerprint density at radius 1 is 1.19 bits per heavy atom. The molecule has 32 heavy (non-hydrogen) atoms. The van der Waals surface area contributed by atoms with Gasteiger partial charge in [-0.05, 0) is 49.2 Å². The highest BCUT2D eigenvalue weighted by molar-refractivity contribution is 7.89. The van der Waals surface area contributed by atoms with E-state index in [1.54, 1.807) is 5.48 Å². The first-order valence-corrected chi connectivity index (χ1v) is 10.4. The fraction of sp³-hybridized carbons (Fsp3) is 0.222. The molecule has 0 radical (unpaired) electrons. The highest BCUT2D eigenvalue weighted by Crippen LogP contribution is 2.30. The predicted octanol–water partition coefficient (Wildman–Crippen LogP) is 1.10. The summed E-state index contributed by atoms with van der Waals surface area (Å²) in [5.41, 5.74) is 12.0. The molecule has 1 atom stereocenters. The third-order valence-corrected chi connectivity index (χ3v) is 5.43. The highest BCUT2D eigenvalue weighted by Gasteiger charge is 2.27. The molecule has 0 aliphatic heterocycles. The molecule has 2 aromatic carbocycles. The normalized spacial score (nSPS) is 12.5. The summed E-state index contributed by atoms with van der Waals surface area (Å²) in [7, 11) is -4.61. The van der Waals surface area contributed by atoms with Gasteiger partial charge in [0.05, 0.1) is 4.90 Å². The average Bonchev–Trinajstić information content (AvgIpc) is 2.74. The number of carbonyl (C=O) groups excluding carboxylic acids is 1. The molecule has 14 heteroatoms. The molecule has 0 fully saturated rings. The van der Waals surface area contributed by atoms with E-state index in [9.17, 15) is 26.4 Å². The molecule has 0 aliphatic carbocycles. The molecule has 1 amide bonds. The number of ether oxygens (including phenoxy) is 1. The van der Waals surface area contributed by atoms with Crippen LogP contribution in [0.2, 0.25) is 1.43 Å². The van der Waals surface area contributed by atoms with Gasteiger partial charge >= 0.3 is 0 Å². The summed E-state index contributed by atoms with van der Waals surface area (Å²) in [6, 6.07) is 3.76. The molecule has 0 aliphatic rings. The minimum absolute atomic E-state index is 0.0637. The van der Waals surface area contributed by atoms with Crippen LogP contribution in [0, 0.1) is 17.5 Å². The number of guanidine groups is 1. The third-order valence-electron chi connectivity index (χ3n) is 3.98. The van der Waals surface area contributed by atoms with E-state index < -0.39 is 50.1 Å². The maximum atomic E-state index is 14.5. The second-order valence-corrected chi connectivity index (χ2v) is 8.08. The third kappa shape index (κ3) is 6.83. The van der Waals surface area contributed by atoms with Crippen molar-refractivity contribution in [3.63, 3.8) is 0 Å². The fourth-order valence-corrected chi connectivity index (χ4v) is 3.74. The number of rotatable bonds is 11. The van der Waals surface area contributed by atoms with E-state index in [4.69, 9.17) is 17.6 Å². The molecule has 0 saturated carbocycles. The summed E-state index contributed by atoms with van der Waals surface area (Å²) in [5.74, 6) is -5.55. The SMILES string of the molecule is [2H]ONC(=O)[C@H](CCCN=C(N)N)NS(=O)(=O)c1cc(F)c(Oc2ccc(F)cc2)c(F)c1. The van der Waals surface area contributed by atoms with E-state index in [0.29, 0.717) is 12.1 Å². The molecule has 0 saturated heterocycles. The number of amides is 1. The summed E-state index contributed by atoms with van der Waals surface area (Å²) in [6.45, 7) is 0.0637. The van der Waals surface area contributed by atoms with E-state index in [-0.39, 0.29) is 31.1 Å². The quantitative estimate of drug-likeness (QED) is 0.106. The molecule has 0 spiro atoms. The number of hydroxylamine groups is 1. The van der Waals surface area contributed by atoms with Gasteiger partial charge in [0.1, 0.15) is 17.6 Å². The zero-order valence-corrected chi connectivity index (χ0v) is 17.2. The topological polar surface area (TPSA) is 169 Å². The summed E-state index contributed by atoms with van der Waals surface area (Å²) in [4.78, 5) is 14.9. The molecular weight excluding hydrogens is 455 g/mol. The van der Waals surface area contributed by atoms with Gasteiger partial charge in [-0.3, -0.25) is 15.0 Å². The van der Waals surface area contributed by atoms with Crippen LogP contribution in [0.4, 0.5) is 13.2 Å². The van der Waals surface area contributed by atoms with E-state index in [2.05, 4.69) is 10.2 Å². The standard InChI is InChI=1S/C18H20F3N5O5S/c19-10-3-5-11(6-4-10)31-16-13(20)8-12(9-14(16)21)32(29,30)26-15(17(27)25-28)2-1-7-24-18(22)23/h3-6,8-9,15,26,28H,1-2,7H2,(H,25,27)(H4,22,23,24)/t15-/m0/s1/i/hD. The minimum Gasteiger partial charge on any atom is -0.451 e. The number of nitrogens with one attached hydrogen (secondary N) is 2. The van der Waals surface area contributed by atoms with Crippen LogP contribution in [0.25, 0.3) is 0 Å². The van der Waals surface area contributed by atoms with E-state index in [1.165, 1.54) is 0 Å². The molecule has 7 N–H and O–H groups in total. The number of sulfonamides is 1. The van der Waals surface area contributed by atoms with Crippen LogP contribution in [0.3, 0.4) is 0 Å². The van der Waals surface area contributed by atoms with E-state index in [1.807, 2.05) is 4.72 Å². The van der Waals surface area contributed by atoms with Crippen LogP contribution in [0.5, 0.6) is 11.5 Å². The lowest BCUT2D eigenvalue weighted by Gasteiger charge is -2.17. The van der Waals surface area contributed by atoms with Crippen LogP contribution in [-0.2, 0) is 14.8 Å². The maximum Gasteiger partial charge on any atom is 0.261 e. The molecule has 10 nitrogen and oxygen atoms in total. The van der Waals surface area contributed by atoms with Gasteiger partial charge < -0.3 is 16.2 Å². The summed E-state index contributed by atoms with van der Waals surface area (Å²) < 4.78 is 80.8. The molecule has 0 unspecified atom stereocenters. The van der Waals surface area contributed by atoms with Gasteiger partial charge in [0.25, 0.3) is 5.91 Å². The molecule has 0 aromatic heterocycles. The van der Waals surface area contributed by atoms with Crippen LogP contribution in [0.15, 0.2) is 46.3 Å². The second kappa shape index (κ2) is 10.8. The smallest absolute Gasteiger partial charge is 0.261 e. The van der Waals surface area contributed by atoms with Gasteiger partial charge in [0.2, 0.25) is 11.5 Å². The Bertz CT molecular complexity index is 1090. The van der Waals surface area contributed by atoms with Crippen molar-refractivity contribution in [2.45, 2.75) is 23.8 Å². The number of nitrogens with zero attached hydrogens (tertiary/aromatic N) is 1. The lowest BCUT2D eigenvalue weighted by molar-refractivity contribution is -0.131. The van der Waals surface area contributed by atoms with Crippen molar-refractivity contribution in [2.75, 3.05) is 6.54 Å². The Morgan fingerprint density at radius 2 is 1.81 bits per heavy atom. The number of hydrogen-bond donors (Lipinski definition) is 5. The van der Waals surface area contributed by atoms with Gasteiger partial charge in [-0.15, -0.1) is 0 Å². The van der Waals surface area contributed by atoms with Crippen molar-refractivity contribution >= 4 is 21.9 Å². The van der Waals surface area contributed by atoms with Gasteiger partial charge in [0, 0.05) is 6.54 Å². The number of aliphatic imine (C=N–C) groups is 1. The van der Waals surface area contributed by atoms with Crippen LogP contribution in [0.1, 0.15) is 12.8 Å². The predicted molar refractivity (Wildman–Crippen MR) is 107 cm³/mol. The minimum atomic E-state index is -4.61. The lowest BCUT2D eigenvalue weighted by Crippen LogP contribution is -2.45. The lowest BCUT2D eigenvalue weighted by atomic mass is 10.1. The molecule has 2 aromatic rings. The van der Waals surface area contributed by atoms with Crippen molar-refractivity contribution in [1.29, 1.82) is 0 Å². The summed E-state index contributed by atoms with van der Waals surface area (Å²) in [5, 5.41) is 3.76. The highest BCUT2D eigenvalue weighted by atomic mass is 32.2. The van der Waals surface area contributed by atoms with Crippen LogP contribution in [-0.4, -0.2) is 38.1 Å². The molecule has 0 bridgehead atoms. The molecule has 2 rings (SSSR count). The zero-order chi connectivity index (χ0) is 24.6. The van der Waals surface area contributed by atoms with Gasteiger partial charge in [-0.2, -0.15) is 4.72 Å². The van der Waals surface area contributed by atoms with Crippen molar-refractivity contribution < 1.29 is 37.8 Å². The maximum absolute atomic E-state index is 14.5. The fourth-order valence-electron chi connectivity index (χ4n) is 2.48. The number of halogens is 3. The summed E-state index contributed by atoms with van der Waals surface area (Å²) in [6.07, 6.45) is 0.00556. The number of nitrogens with two attached hydrogens (primary N) is 2. The Kier molecular flexibility index (Phi) is 7.86. The average molecular weight is 476 g/mol. The molecule has 174 valence electrons. The van der Waals surface area contributed by atoms with Crippen molar-refractivity contribution in [2.24, 2.45) is 16.5 Å². The number of hydrogen-bond acceptors (Lipinski definition) is 6. The zero-order valence-electron chi connectivity index (χ0n) is 17.3. The van der Waals surface area contributed by atoms with Crippen molar-refractivity contribution in [3.05, 3.63) is 53.8 Å². The number of benzene rings is 2. The largest absolute Gasteiger partial charge is 0.451 e. The van der Waals surface area contributed by atoms with Gasteiger partial charge in [0.15, 0.2) is 23.3 Å². The van der Waals surface area contributed by atoms with E-state index in [0.717, 1.165) is 24.3 Å². The Balaban J connectivity index is 2.23. The second-order valence-electron chi connectivity index (χ2n) is 6.36. The summed E-state index contributed by atoms with van der Waals surface area (Å²) >= 11 is 0. The van der Waals surface area contributed by atoms with Crippen molar-refractivity contribution in [3.8, 4) is 11.5 Å². The van der Waals surface area contributed by atoms with Gasteiger partial charge in [-0.25, -0.2) is 27.1 Å². The monoisotopic (exact) mass is 476 g/mol. The Hall–Kier alpha value is -3.36. The molecular formula is C18H20F3N5O5S. The first kappa shape index (κ1) is 23.3. The van der Waals surface area contributed by atoms with Gasteiger partial charge in [-0.1, -0.05) is 0 Å². The molecule has 0 heterocycles. The van der Waals surface area contributed by atoms with E-state index >= 15 is 0 Å². The van der Waals surface area contributed by atoms with Crippen molar-refractivity contribution in [1.82, 2.24) is 10.2 Å². The first-order valence-electron chi connectivity index (χ1n) is 9.36. The van der Waals surface area contributed by atoms with Crippen LogP contribution < -0.4 is 26.4 Å². The number of carbonyl (C=O) groups is 1. The first-order chi connectivity index (χ1) is 15.5. The van der Waals surface area contributed by atoms with Crippen LogP contribution >= 0.6 is 0 Å².